The Hall–Kier alpha value is -3.25. The van der Waals surface area contributed by atoms with Gasteiger partial charge in [0.2, 0.25) is 0 Å². The molecule has 1 heterocycles. The van der Waals surface area contributed by atoms with E-state index in [1.807, 2.05) is 19.1 Å². The number of carbonyl (C=O) groups excluding carboxylic acids is 1. The molecule has 1 aromatic heterocycles. The molecule has 7 heteroatoms. The van der Waals surface area contributed by atoms with E-state index in [2.05, 4.69) is 15.6 Å². The molecule has 2 N–H and O–H groups in total. The Kier molecular flexibility index (Phi) is 6.01. The molecule has 0 saturated carbocycles. The molecule has 0 spiro atoms. The van der Waals surface area contributed by atoms with Gasteiger partial charge in [-0.1, -0.05) is 17.7 Å². The molecule has 2 aromatic carbocycles. The number of hydrogen-bond donors (Lipinski definition) is 2. The molecule has 3 aromatic rings. The smallest absolute Gasteiger partial charge is 0.274 e. The molecule has 3 rings (SSSR count). The number of nitrogens with one attached hydrogen (secondary N) is 2. The summed E-state index contributed by atoms with van der Waals surface area (Å²) in [5, 5.41) is 6.64. The van der Waals surface area contributed by atoms with Gasteiger partial charge in [0, 0.05) is 16.8 Å². The number of anilines is 3. The second kappa shape index (κ2) is 8.63. The molecule has 6 nitrogen and oxygen atoms in total. The summed E-state index contributed by atoms with van der Waals surface area (Å²) >= 11 is 6.09. The second-order valence-electron chi connectivity index (χ2n) is 5.99. The zero-order chi connectivity index (χ0) is 20.1. The highest BCUT2D eigenvalue weighted by Crippen LogP contribution is 2.31. The van der Waals surface area contributed by atoms with Crippen molar-refractivity contribution in [3.63, 3.8) is 0 Å². The highest BCUT2D eigenvalue weighted by atomic mass is 35.5. The van der Waals surface area contributed by atoms with E-state index in [0.29, 0.717) is 27.9 Å². The molecule has 0 aliphatic carbocycles. The predicted molar refractivity (Wildman–Crippen MR) is 111 cm³/mol. The Morgan fingerprint density at radius 1 is 1.04 bits per heavy atom. The third kappa shape index (κ3) is 4.35. The minimum atomic E-state index is -0.307. The first-order chi connectivity index (χ1) is 13.5. The molecular formula is C21H20ClN3O3. The van der Waals surface area contributed by atoms with Gasteiger partial charge in [0.15, 0.2) is 0 Å². The van der Waals surface area contributed by atoms with Crippen LogP contribution in [-0.2, 0) is 0 Å². The summed E-state index contributed by atoms with van der Waals surface area (Å²) in [5.41, 5.74) is 3.24. The molecule has 0 atom stereocenters. The van der Waals surface area contributed by atoms with E-state index < -0.39 is 0 Å². The first kappa shape index (κ1) is 19.5. The van der Waals surface area contributed by atoms with Gasteiger partial charge in [-0.05, 0) is 48.9 Å². The molecule has 0 fully saturated rings. The summed E-state index contributed by atoms with van der Waals surface area (Å²) in [7, 11) is 3.18. The number of pyridine rings is 1. The summed E-state index contributed by atoms with van der Waals surface area (Å²) in [4.78, 5) is 16.7. The Bertz CT molecular complexity index is 991. The van der Waals surface area contributed by atoms with Gasteiger partial charge in [0.25, 0.3) is 5.91 Å². The molecule has 0 radical (unpaired) electrons. The highest BCUT2D eigenvalue weighted by molar-refractivity contribution is 6.31. The fourth-order valence-corrected chi connectivity index (χ4v) is 2.76. The van der Waals surface area contributed by atoms with E-state index in [1.165, 1.54) is 0 Å². The van der Waals surface area contributed by atoms with Crippen molar-refractivity contribution >= 4 is 34.6 Å². The minimum Gasteiger partial charge on any atom is -0.497 e. The molecular weight excluding hydrogens is 378 g/mol. The predicted octanol–water partition coefficient (Wildman–Crippen LogP) is 5.06. The largest absolute Gasteiger partial charge is 0.497 e. The number of methoxy groups -OCH3 is 2. The average molecular weight is 398 g/mol. The van der Waals surface area contributed by atoms with Gasteiger partial charge >= 0.3 is 0 Å². The second-order valence-corrected chi connectivity index (χ2v) is 6.40. The van der Waals surface area contributed by atoms with Crippen molar-refractivity contribution in [1.82, 2.24) is 4.98 Å². The summed E-state index contributed by atoms with van der Waals surface area (Å²) in [6.07, 6.45) is 1.59. The molecule has 0 saturated heterocycles. The first-order valence-corrected chi connectivity index (χ1v) is 8.91. The number of nitrogens with zero attached hydrogens (tertiary/aromatic N) is 1. The number of hydrogen-bond acceptors (Lipinski definition) is 5. The third-order valence-electron chi connectivity index (χ3n) is 4.20. The van der Waals surface area contributed by atoms with Gasteiger partial charge in [-0.2, -0.15) is 0 Å². The zero-order valence-corrected chi connectivity index (χ0v) is 16.5. The summed E-state index contributed by atoms with van der Waals surface area (Å²) < 4.78 is 10.6. The minimum absolute atomic E-state index is 0.298. The molecule has 0 aliphatic heterocycles. The van der Waals surface area contributed by atoms with Crippen molar-refractivity contribution in [3.8, 4) is 11.5 Å². The number of carbonyl (C=O) groups is 1. The maximum atomic E-state index is 12.4. The maximum Gasteiger partial charge on any atom is 0.274 e. The van der Waals surface area contributed by atoms with Crippen LogP contribution < -0.4 is 20.1 Å². The van der Waals surface area contributed by atoms with Gasteiger partial charge in [0.1, 0.15) is 17.2 Å². The van der Waals surface area contributed by atoms with Gasteiger partial charge in [0.05, 0.1) is 31.8 Å². The molecule has 0 aliphatic rings. The van der Waals surface area contributed by atoms with E-state index in [9.17, 15) is 4.79 Å². The van der Waals surface area contributed by atoms with Gasteiger partial charge in [-0.25, -0.2) is 4.98 Å². The van der Waals surface area contributed by atoms with Crippen LogP contribution in [-0.4, -0.2) is 25.1 Å². The van der Waals surface area contributed by atoms with E-state index in [1.54, 1.807) is 56.8 Å². The number of ether oxygens (including phenoxy) is 2. The Balaban J connectivity index is 1.73. The normalized spacial score (nSPS) is 10.3. The van der Waals surface area contributed by atoms with Crippen molar-refractivity contribution in [3.05, 3.63) is 71.0 Å². The highest BCUT2D eigenvalue weighted by Gasteiger charge is 2.11. The Morgan fingerprint density at radius 2 is 1.86 bits per heavy atom. The van der Waals surface area contributed by atoms with Crippen LogP contribution >= 0.6 is 11.6 Å². The maximum absolute atomic E-state index is 12.4. The number of halogens is 1. The summed E-state index contributed by atoms with van der Waals surface area (Å²) in [6, 6.07) is 14.2. The van der Waals surface area contributed by atoms with Crippen LogP contribution in [0.15, 0.2) is 54.7 Å². The number of aromatic nitrogens is 1. The standard InChI is InChI=1S/C21H20ClN3O3/c1-13-16(22)5-4-6-17(13)25-21(26)19-9-7-14(12-23-19)24-18-10-8-15(27-2)11-20(18)28-3/h4-12,24H,1-3H3,(H,25,26). The van der Waals surface area contributed by atoms with Crippen molar-refractivity contribution in [2.45, 2.75) is 6.92 Å². The van der Waals surface area contributed by atoms with Crippen molar-refractivity contribution in [2.24, 2.45) is 0 Å². The topological polar surface area (TPSA) is 72.5 Å². The summed E-state index contributed by atoms with van der Waals surface area (Å²) in [6.45, 7) is 1.85. The van der Waals surface area contributed by atoms with Gasteiger partial charge in [-0.3, -0.25) is 4.79 Å². The van der Waals surface area contributed by atoms with Crippen LogP contribution in [0.2, 0.25) is 5.02 Å². The average Bonchev–Trinajstić information content (AvgIpc) is 2.72. The Labute approximate surface area is 168 Å². The number of benzene rings is 2. The molecule has 28 heavy (non-hydrogen) atoms. The van der Waals surface area contributed by atoms with Crippen molar-refractivity contribution in [1.29, 1.82) is 0 Å². The van der Waals surface area contributed by atoms with Crippen molar-refractivity contribution in [2.75, 3.05) is 24.9 Å². The quantitative estimate of drug-likeness (QED) is 0.608. The van der Waals surface area contributed by atoms with Crippen molar-refractivity contribution < 1.29 is 14.3 Å². The zero-order valence-electron chi connectivity index (χ0n) is 15.7. The van der Waals surface area contributed by atoms with Crippen LogP contribution in [0.5, 0.6) is 11.5 Å². The van der Waals surface area contributed by atoms with Crippen LogP contribution in [0, 0.1) is 6.92 Å². The lowest BCUT2D eigenvalue weighted by Crippen LogP contribution is -2.14. The lowest BCUT2D eigenvalue weighted by molar-refractivity contribution is 0.102. The monoisotopic (exact) mass is 397 g/mol. The lowest BCUT2D eigenvalue weighted by Gasteiger charge is -2.13. The third-order valence-corrected chi connectivity index (χ3v) is 4.61. The van der Waals surface area contributed by atoms with E-state index in [0.717, 1.165) is 16.9 Å². The van der Waals surface area contributed by atoms with E-state index in [-0.39, 0.29) is 5.91 Å². The molecule has 0 unspecified atom stereocenters. The van der Waals surface area contributed by atoms with Gasteiger partial charge < -0.3 is 20.1 Å². The lowest BCUT2D eigenvalue weighted by atomic mass is 10.2. The Morgan fingerprint density at radius 3 is 2.54 bits per heavy atom. The van der Waals surface area contributed by atoms with Crippen LogP contribution in [0.3, 0.4) is 0 Å². The van der Waals surface area contributed by atoms with E-state index >= 15 is 0 Å². The fraction of sp³-hybridized carbons (Fsp3) is 0.143. The fourth-order valence-electron chi connectivity index (χ4n) is 2.59. The number of rotatable bonds is 6. The number of amides is 1. The van der Waals surface area contributed by atoms with Crippen LogP contribution in [0.4, 0.5) is 17.1 Å². The SMILES string of the molecule is COc1ccc(Nc2ccc(C(=O)Nc3cccc(Cl)c3C)nc2)c(OC)c1. The first-order valence-electron chi connectivity index (χ1n) is 8.53. The van der Waals surface area contributed by atoms with E-state index in [4.69, 9.17) is 21.1 Å². The molecule has 0 bridgehead atoms. The molecule has 1 amide bonds. The summed E-state index contributed by atoms with van der Waals surface area (Å²) in [5.74, 6) is 1.03. The molecule has 144 valence electrons. The van der Waals surface area contributed by atoms with Crippen LogP contribution in [0.1, 0.15) is 16.1 Å². The van der Waals surface area contributed by atoms with Gasteiger partial charge in [-0.15, -0.1) is 0 Å². The van der Waals surface area contributed by atoms with Crippen LogP contribution in [0.25, 0.3) is 0 Å².